The number of rotatable bonds is 4. The van der Waals surface area contributed by atoms with Crippen molar-refractivity contribution >= 4 is 28.2 Å². The van der Waals surface area contributed by atoms with Crippen LogP contribution >= 0.6 is 11.3 Å². The third-order valence-corrected chi connectivity index (χ3v) is 4.96. The Morgan fingerprint density at radius 3 is 2.65 bits per heavy atom. The van der Waals surface area contributed by atoms with Crippen molar-refractivity contribution < 1.29 is 14.3 Å². The van der Waals surface area contributed by atoms with E-state index in [-0.39, 0.29) is 17.9 Å². The quantitative estimate of drug-likeness (QED) is 0.904. The van der Waals surface area contributed by atoms with Gasteiger partial charge in [0.15, 0.2) is 0 Å². The first-order valence-corrected chi connectivity index (χ1v) is 8.27. The van der Waals surface area contributed by atoms with E-state index in [4.69, 9.17) is 10.5 Å². The lowest BCUT2D eigenvalue weighted by Crippen LogP contribution is -2.24. The van der Waals surface area contributed by atoms with Gasteiger partial charge in [-0.2, -0.15) is 0 Å². The fourth-order valence-electron chi connectivity index (χ4n) is 2.63. The summed E-state index contributed by atoms with van der Waals surface area (Å²) in [7, 11) is 0. The van der Waals surface area contributed by atoms with Gasteiger partial charge in [0.25, 0.3) is 5.91 Å². The van der Waals surface area contributed by atoms with Gasteiger partial charge in [-0.15, -0.1) is 11.3 Å². The minimum Gasteiger partial charge on any atom is -0.378 e. The number of thiophene rings is 1. The second kappa shape index (κ2) is 6.52. The molecule has 3 N–H and O–H groups in total. The van der Waals surface area contributed by atoms with E-state index in [0.717, 1.165) is 10.4 Å². The molecular weight excluding hydrogens is 312 g/mol. The van der Waals surface area contributed by atoms with Crippen molar-refractivity contribution in [1.29, 1.82) is 0 Å². The summed E-state index contributed by atoms with van der Waals surface area (Å²) < 4.78 is 5.43. The maximum absolute atomic E-state index is 12.3. The normalized spacial score (nSPS) is 20.4. The molecule has 0 spiro atoms. The number of carbonyl (C=O) groups is 2. The SMILES string of the molecule is C[C@H]1C[C@H](C(=O)Nc2sc(-c3ccccc3)cc2C(N)=O)CO1. The zero-order valence-corrected chi connectivity index (χ0v) is 13.6. The van der Waals surface area contributed by atoms with Crippen LogP contribution in [0.15, 0.2) is 36.4 Å². The van der Waals surface area contributed by atoms with E-state index in [1.807, 2.05) is 37.3 Å². The second-order valence-corrected chi connectivity index (χ2v) is 6.70. The molecule has 1 fully saturated rings. The first-order chi connectivity index (χ1) is 11.0. The minimum atomic E-state index is -0.547. The average Bonchev–Trinajstić information content (AvgIpc) is 3.15. The topological polar surface area (TPSA) is 81.4 Å². The molecule has 6 heteroatoms. The van der Waals surface area contributed by atoms with E-state index in [2.05, 4.69) is 5.32 Å². The number of nitrogens with one attached hydrogen (secondary N) is 1. The number of benzene rings is 1. The number of ether oxygens (including phenoxy) is 1. The highest BCUT2D eigenvalue weighted by Gasteiger charge is 2.29. The molecule has 120 valence electrons. The van der Waals surface area contributed by atoms with E-state index in [0.29, 0.717) is 23.6 Å². The van der Waals surface area contributed by atoms with Crippen molar-refractivity contribution in [1.82, 2.24) is 0 Å². The summed E-state index contributed by atoms with van der Waals surface area (Å²) in [5.74, 6) is -0.860. The van der Waals surface area contributed by atoms with Gasteiger partial charge < -0.3 is 15.8 Å². The van der Waals surface area contributed by atoms with Crippen LogP contribution in [-0.2, 0) is 9.53 Å². The highest BCUT2D eigenvalue weighted by Crippen LogP contribution is 2.35. The summed E-state index contributed by atoms with van der Waals surface area (Å²) in [6.07, 6.45) is 0.777. The molecule has 1 aromatic heterocycles. The molecule has 0 saturated carbocycles. The van der Waals surface area contributed by atoms with Crippen LogP contribution in [0.2, 0.25) is 0 Å². The molecular formula is C17H18N2O3S. The maximum atomic E-state index is 12.3. The predicted octanol–water partition coefficient (Wildman–Crippen LogP) is 2.88. The molecule has 2 amide bonds. The van der Waals surface area contributed by atoms with Crippen molar-refractivity contribution in [2.24, 2.45) is 11.7 Å². The van der Waals surface area contributed by atoms with Crippen molar-refractivity contribution in [3.63, 3.8) is 0 Å². The van der Waals surface area contributed by atoms with E-state index in [1.165, 1.54) is 11.3 Å². The average molecular weight is 330 g/mol. The van der Waals surface area contributed by atoms with Gasteiger partial charge in [-0.1, -0.05) is 30.3 Å². The molecule has 23 heavy (non-hydrogen) atoms. The third kappa shape index (κ3) is 3.43. The Morgan fingerprint density at radius 2 is 2.04 bits per heavy atom. The highest BCUT2D eigenvalue weighted by molar-refractivity contribution is 7.20. The summed E-state index contributed by atoms with van der Waals surface area (Å²) in [5, 5.41) is 3.34. The molecule has 5 nitrogen and oxygen atoms in total. The standard InChI is InChI=1S/C17H18N2O3S/c1-10-7-12(9-22-10)16(21)19-17-13(15(18)20)8-14(23-17)11-5-3-2-4-6-11/h2-6,8,10,12H,7,9H2,1H3,(H2,18,20)(H,19,21)/t10-,12-/m0/s1. The molecule has 0 unspecified atom stereocenters. The lowest BCUT2D eigenvalue weighted by Gasteiger charge is -2.08. The smallest absolute Gasteiger partial charge is 0.251 e. The lowest BCUT2D eigenvalue weighted by atomic mass is 10.1. The molecule has 0 aliphatic carbocycles. The Hall–Kier alpha value is -2.18. The van der Waals surface area contributed by atoms with E-state index < -0.39 is 5.91 Å². The Labute approximate surface area is 138 Å². The number of hydrogen-bond acceptors (Lipinski definition) is 4. The van der Waals surface area contributed by atoms with Crippen LogP contribution in [0, 0.1) is 5.92 Å². The molecule has 0 radical (unpaired) electrons. The summed E-state index contributed by atoms with van der Waals surface area (Å²) in [6.45, 7) is 2.36. The number of nitrogens with two attached hydrogens (primary N) is 1. The molecule has 2 heterocycles. The molecule has 1 aromatic carbocycles. The van der Waals surface area contributed by atoms with Crippen molar-refractivity contribution in [3.8, 4) is 10.4 Å². The molecule has 1 aliphatic rings. The van der Waals surface area contributed by atoms with Crippen LogP contribution < -0.4 is 11.1 Å². The summed E-state index contributed by atoms with van der Waals surface area (Å²) in [6, 6.07) is 11.4. The van der Waals surface area contributed by atoms with Gasteiger partial charge in [0.1, 0.15) is 5.00 Å². The first kappa shape index (κ1) is 15.7. The number of primary amides is 1. The molecule has 1 aliphatic heterocycles. The fraction of sp³-hybridized carbons (Fsp3) is 0.294. The van der Waals surface area contributed by atoms with Crippen molar-refractivity contribution in [2.75, 3.05) is 11.9 Å². The molecule has 3 rings (SSSR count). The zero-order chi connectivity index (χ0) is 16.4. The van der Waals surface area contributed by atoms with Crippen molar-refractivity contribution in [3.05, 3.63) is 42.0 Å². The van der Waals surface area contributed by atoms with Gasteiger partial charge in [0.05, 0.1) is 24.2 Å². The number of hydrogen-bond donors (Lipinski definition) is 2. The number of anilines is 1. The van der Waals surface area contributed by atoms with Gasteiger partial charge >= 0.3 is 0 Å². The number of carbonyl (C=O) groups excluding carboxylic acids is 2. The van der Waals surface area contributed by atoms with Gasteiger partial charge in [0, 0.05) is 4.88 Å². The molecule has 0 bridgehead atoms. The first-order valence-electron chi connectivity index (χ1n) is 7.46. The summed E-state index contributed by atoms with van der Waals surface area (Å²) in [5.41, 5.74) is 6.78. The van der Waals surface area contributed by atoms with E-state index in [9.17, 15) is 9.59 Å². The molecule has 2 aromatic rings. The zero-order valence-electron chi connectivity index (χ0n) is 12.7. The predicted molar refractivity (Wildman–Crippen MR) is 90.4 cm³/mol. The Bertz CT molecular complexity index is 727. The van der Waals surface area contributed by atoms with E-state index >= 15 is 0 Å². The van der Waals surface area contributed by atoms with Gasteiger partial charge in [-0.25, -0.2) is 0 Å². The number of amides is 2. The van der Waals surface area contributed by atoms with Crippen LogP contribution in [0.5, 0.6) is 0 Å². The van der Waals surface area contributed by atoms with Crippen LogP contribution in [0.25, 0.3) is 10.4 Å². The Kier molecular flexibility index (Phi) is 4.45. The maximum Gasteiger partial charge on any atom is 0.251 e. The lowest BCUT2D eigenvalue weighted by molar-refractivity contribution is -0.119. The van der Waals surface area contributed by atoms with E-state index in [1.54, 1.807) is 6.07 Å². The third-order valence-electron chi connectivity index (χ3n) is 3.86. The van der Waals surface area contributed by atoms with Crippen LogP contribution in [-0.4, -0.2) is 24.5 Å². The molecule has 2 atom stereocenters. The second-order valence-electron chi connectivity index (χ2n) is 5.65. The summed E-state index contributed by atoms with van der Waals surface area (Å²) in [4.78, 5) is 24.9. The van der Waals surface area contributed by atoms with Crippen molar-refractivity contribution in [2.45, 2.75) is 19.4 Å². The van der Waals surface area contributed by atoms with Gasteiger partial charge in [-0.05, 0) is 25.0 Å². The fourth-order valence-corrected chi connectivity index (χ4v) is 3.70. The van der Waals surface area contributed by atoms with Crippen LogP contribution in [0.3, 0.4) is 0 Å². The van der Waals surface area contributed by atoms with Crippen LogP contribution in [0.1, 0.15) is 23.7 Å². The highest BCUT2D eigenvalue weighted by atomic mass is 32.1. The Morgan fingerprint density at radius 1 is 1.30 bits per heavy atom. The van der Waals surface area contributed by atoms with Gasteiger partial charge in [0.2, 0.25) is 5.91 Å². The largest absolute Gasteiger partial charge is 0.378 e. The Balaban J connectivity index is 1.85. The molecule has 1 saturated heterocycles. The van der Waals surface area contributed by atoms with Crippen LogP contribution in [0.4, 0.5) is 5.00 Å². The van der Waals surface area contributed by atoms with Gasteiger partial charge in [-0.3, -0.25) is 9.59 Å². The minimum absolute atomic E-state index is 0.0876. The monoisotopic (exact) mass is 330 g/mol. The summed E-state index contributed by atoms with van der Waals surface area (Å²) >= 11 is 1.36.